The molecule has 2 heterocycles. The van der Waals surface area contributed by atoms with Crippen molar-refractivity contribution in [2.24, 2.45) is 0 Å². The first-order chi connectivity index (χ1) is 16.0. The Bertz CT molecular complexity index is 1270. The minimum Gasteiger partial charge on any atom is -0.503 e. The van der Waals surface area contributed by atoms with Crippen LogP contribution in [0.15, 0.2) is 65.4 Å². The summed E-state index contributed by atoms with van der Waals surface area (Å²) in [5.41, 5.74) is 9.78. The average Bonchev–Trinajstić information content (AvgIpc) is 3.47. The lowest BCUT2D eigenvalue weighted by Crippen LogP contribution is -2.14. The maximum absolute atomic E-state index is 13.5. The van der Waals surface area contributed by atoms with Gasteiger partial charge < -0.3 is 20.5 Å². The molecule has 4 N–H and O–H groups in total. The van der Waals surface area contributed by atoms with Crippen LogP contribution >= 0.6 is 0 Å². The molecule has 1 aliphatic carbocycles. The number of rotatable bonds is 5. The van der Waals surface area contributed by atoms with E-state index in [1.54, 1.807) is 34.9 Å². The molecule has 0 aliphatic heterocycles. The number of carbonyl (C=O) groups excluding carboxylic acids is 1. The van der Waals surface area contributed by atoms with Gasteiger partial charge in [0.2, 0.25) is 5.88 Å². The van der Waals surface area contributed by atoms with Crippen molar-refractivity contribution >= 4 is 11.5 Å². The van der Waals surface area contributed by atoms with Gasteiger partial charge in [0.15, 0.2) is 11.5 Å². The monoisotopic (exact) mass is 443 g/mol. The molecule has 0 amide bonds. The van der Waals surface area contributed by atoms with E-state index < -0.39 is 5.75 Å². The number of aromatic hydroxyl groups is 2. The number of hydrogen-bond donors (Lipinski definition) is 3. The quantitative estimate of drug-likeness (QED) is 0.281. The van der Waals surface area contributed by atoms with Gasteiger partial charge in [0, 0.05) is 40.2 Å². The van der Waals surface area contributed by atoms with Crippen LogP contribution in [0, 0.1) is 0 Å². The number of nitrogen functional groups attached to an aromatic ring is 1. The van der Waals surface area contributed by atoms with Gasteiger partial charge in [-0.15, -0.1) is 0 Å². The Labute approximate surface area is 191 Å². The van der Waals surface area contributed by atoms with Gasteiger partial charge in [0.25, 0.3) is 0 Å². The molecule has 0 atom stereocenters. The molecule has 7 heteroatoms. The normalized spacial score (nSPS) is 14.4. The second-order valence-corrected chi connectivity index (χ2v) is 8.49. The van der Waals surface area contributed by atoms with E-state index in [2.05, 4.69) is 5.16 Å². The fraction of sp³-hybridized carbons (Fsp3) is 0.231. The van der Waals surface area contributed by atoms with E-state index in [0.29, 0.717) is 28.3 Å². The zero-order chi connectivity index (χ0) is 22.9. The van der Waals surface area contributed by atoms with Crippen LogP contribution < -0.4 is 5.73 Å². The number of nitrogens with two attached hydrogens (primary N) is 1. The minimum absolute atomic E-state index is 0.0495. The van der Waals surface area contributed by atoms with Crippen molar-refractivity contribution in [1.82, 2.24) is 9.72 Å². The third-order valence-corrected chi connectivity index (χ3v) is 6.41. The summed E-state index contributed by atoms with van der Waals surface area (Å²) in [7, 11) is 0. The number of nitrogens with zero attached hydrogens (tertiary/aromatic N) is 2. The van der Waals surface area contributed by atoms with Crippen molar-refractivity contribution in [2.45, 2.75) is 38.0 Å². The highest BCUT2D eigenvalue weighted by Crippen LogP contribution is 2.46. The highest BCUT2D eigenvalue weighted by atomic mass is 16.5. The van der Waals surface area contributed by atoms with Crippen molar-refractivity contribution in [1.29, 1.82) is 0 Å². The van der Waals surface area contributed by atoms with Crippen molar-refractivity contribution in [3.05, 3.63) is 77.7 Å². The summed E-state index contributed by atoms with van der Waals surface area (Å²) in [6.07, 6.45) is 6.51. The summed E-state index contributed by atoms with van der Waals surface area (Å²) in [4.78, 5) is 13.5. The molecule has 5 rings (SSSR count). The van der Waals surface area contributed by atoms with E-state index >= 15 is 0 Å². The first-order valence-corrected chi connectivity index (χ1v) is 11.1. The lowest BCUT2D eigenvalue weighted by atomic mass is 9.84. The molecule has 33 heavy (non-hydrogen) atoms. The Morgan fingerprint density at radius 1 is 0.970 bits per heavy atom. The number of ketones is 1. The Balaban J connectivity index is 1.65. The fourth-order valence-corrected chi connectivity index (χ4v) is 4.73. The number of benzene rings is 2. The number of hydrogen-bond acceptors (Lipinski definition) is 6. The van der Waals surface area contributed by atoms with Crippen molar-refractivity contribution in [2.75, 3.05) is 5.73 Å². The van der Waals surface area contributed by atoms with E-state index in [-0.39, 0.29) is 23.1 Å². The van der Waals surface area contributed by atoms with Crippen LogP contribution in [0.2, 0.25) is 0 Å². The summed E-state index contributed by atoms with van der Waals surface area (Å²) in [5.74, 6) is -1.00. The van der Waals surface area contributed by atoms with Crippen LogP contribution in [0.1, 0.15) is 59.6 Å². The molecule has 1 saturated carbocycles. The number of aromatic nitrogens is 2. The zero-order valence-corrected chi connectivity index (χ0v) is 18.1. The molecule has 168 valence electrons. The second-order valence-electron chi connectivity index (χ2n) is 8.49. The molecule has 2 aromatic carbocycles. The van der Waals surface area contributed by atoms with Crippen LogP contribution in [0.4, 0.5) is 5.69 Å². The summed E-state index contributed by atoms with van der Waals surface area (Å²) < 4.78 is 6.54. The van der Waals surface area contributed by atoms with E-state index in [4.69, 9.17) is 10.3 Å². The smallest absolute Gasteiger partial charge is 0.240 e. The Kier molecular flexibility index (Phi) is 5.38. The van der Waals surface area contributed by atoms with Crippen LogP contribution in [0.25, 0.3) is 16.9 Å². The highest BCUT2D eigenvalue weighted by molar-refractivity contribution is 6.12. The molecule has 1 fully saturated rings. The van der Waals surface area contributed by atoms with E-state index in [9.17, 15) is 15.0 Å². The molecule has 0 bridgehead atoms. The summed E-state index contributed by atoms with van der Waals surface area (Å²) in [6, 6.07) is 15.8. The predicted molar refractivity (Wildman–Crippen MR) is 125 cm³/mol. The summed E-state index contributed by atoms with van der Waals surface area (Å²) in [5, 5.41) is 25.9. The molecule has 2 aromatic heterocycles. The first kappa shape index (κ1) is 20.9. The van der Waals surface area contributed by atoms with Gasteiger partial charge >= 0.3 is 0 Å². The molecule has 7 nitrogen and oxygen atoms in total. The van der Waals surface area contributed by atoms with Gasteiger partial charge in [0.05, 0.1) is 5.56 Å². The highest BCUT2D eigenvalue weighted by Gasteiger charge is 2.33. The average molecular weight is 444 g/mol. The number of anilines is 1. The van der Waals surface area contributed by atoms with Crippen molar-refractivity contribution in [3.8, 4) is 28.6 Å². The van der Waals surface area contributed by atoms with Gasteiger partial charge in [-0.2, -0.15) is 0 Å². The third-order valence-electron chi connectivity index (χ3n) is 6.41. The molecule has 0 saturated heterocycles. The Morgan fingerprint density at radius 2 is 1.67 bits per heavy atom. The van der Waals surface area contributed by atoms with Gasteiger partial charge in [-0.25, -0.2) is 0 Å². The third kappa shape index (κ3) is 3.75. The Hall–Kier alpha value is -4.00. The van der Waals surface area contributed by atoms with E-state index in [0.717, 1.165) is 37.7 Å². The van der Waals surface area contributed by atoms with E-state index in [1.165, 1.54) is 6.26 Å². The lowest BCUT2D eigenvalue weighted by molar-refractivity contribution is 0.103. The topological polar surface area (TPSA) is 115 Å². The van der Waals surface area contributed by atoms with Crippen LogP contribution in [-0.4, -0.2) is 25.7 Å². The second kappa shape index (κ2) is 8.50. The maximum atomic E-state index is 13.5. The molecular formula is C26H25N3O4. The molecule has 1 aliphatic rings. The zero-order valence-electron chi connectivity index (χ0n) is 18.1. The van der Waals surface area contributed by atoms with Crippen LogP contribution in [-0.2, 0) is 0 Å². The van der Waals surface area contributed by atoms with Crippen molar-refractivity contribution in [3.63, 3.8) is 0 Å². The molecule has 0 spiro atoms. The van der Waals surface area contributed by atoms with Crippen LogP contribution in [0.3, 0.4) is 0 Å². The minimum atomic E-state index is -0.391. The summed E-state index contributed by atoms with van der Waals surface area (Å²) >= 11 is 0. The number of carbonyl (C=O) groups is 1. The standard InChI is InChI=1S/C26H25N3O4/c27-19-10-6-18(7-11-19)24(30)22-23(17-4-2-1-3-5-17)29(26(32)25(22)31)20-12-8-16(9-13-20)21-14-15-33-28-21/h6-15,17,31-32H,1-5,27H2. The molecule has 0 radical (unpaired) electrons. The largest absolute Gasteiger partial charge is 0.503 e. The van der Waals surface area contributed by atoms with Gasteiger partial charge in [0.1, 0.15) is 12.0 Å². The molecular weight excluding hydrogens is 418 g/mol. The molecule has 0 unspecified atom stereocenters. The van der Waals surface area contributed by atoms with Gasteiger partial charge in [-0.3, -0.25) is 9.36 Å². The van der Waals surface area contributed by atoms with Crippen molar-refractivity contribution < 1.29 is 19.5 Å². The SMILES string of the molecule is Nc1ccc(C(=O)c2c(O)c(O)n(-c3ccc(-c4ccon4)cc3)c2C2CCCCC2)cc1. The van der Waals surface area contributed by atoms with Gasteiger partial charge in [-0.1, -0.05) is 36.6 Å². The molecule has 4 aromatic rings. The predicted octanol–water partition coefficient (Wildman–Crippen LogP) is 5.40. The van der Waals surface area contributed by atoms with E-state index in [1.807, 2.05) is 24.3 Å². The first-order valence-electron chi connectivity index (χ1n) is 11.1. The van der Waals surface area contributed by atoms with Crippen LogP contribution in [0.5, 0.6) is 11.6 Å². The fourth-order valence-electron chi connectivity index (χ4n) is 4.73. The Morgan fingerprint density at radius 3 is 2.30 bits per heavy atom. The summed E-state index contributed by atoms with van der Waals surface area (Å²) in [6.45, 7) is 0. The maximum Gasteiger partial charge on any atom is 0.240 e. The van der Waals surface area contributed by atoms with Gasteiger partial charge in [-0.05, 0) is 49.2 Å². The lowest BCUT2D eigenvalue weighted by Gasteiger charge is -2.25.